The van der Waals surface area contributed by atoms with Crippen LogP contribution in [-0.4, -0.2) is 37.7 Å². The molecule has 2 aliphatic rings. The van der Waals surface area contributed by atoms with Crippen molar-refractivity contribution in [2.45, 2.75) is 58.3 Å². The average Bonchev–Trinajstić information content (AvgIpc) is 4.17. The molecule has 6 aromatic rings. The Morgan fingerprint density at radius 1 is 0.696 bits per heavy atom. The summed E-state index contributed by atoms with van der Waals surface area (Å²) >= 11 is 1.26. The highest BCUT2D eigenvalue weighted by atomic mass is 32.1. The van der Waals surface area contributed by atoms with Gasteiger partial charge in [0.15, 0.2) is 5.13 Å². The van der Waals surface area contributed by atoms with Crippen LogP contribution >= 0.6 is 11.3 Å². The molecule has 7 N–H and O–H groups in total. The van der Waals surface area contributed by atoms with Crippen molar-refractivity contribution in [3.63, 3.8) is 0 Å². The van der Waals surface area contributed by atoms with E-state index >= 15 is 0 Å². The number of carbonyl (C=O) groups excluding carboxylic acids is 3. The van der Waals surface area contributed by atoms with E-state index in [1.807, 2.05) is 19.2 Å². The number of aryl methyl sites for hydroxylation is 2. The summed E-state index contributed by atoms with van der Waals surface area (Å²) in [6, 6.07) is 25.7. The third kappa shape index (κ3) is 10.5. The number of rotatable bonds is 14. The summed E-state index contributed by atoms with van der Waals surface area (Å²) in [7, 11) is 0. The highest BCUT2D eigenvalue weighted by Gasteiger charge is 2.25. The number of pyridine rings is 3. The fraction of sp³-hybridized carbons (Fsp3) is 0.184. The molecule has 19 nitrogen and oxygen atoms in total. The van der Waals surface area contributed by atoms with Gasteiger partial charge in [-0.05, 0) is 88.2 Å². The predicted molar refractivity (Wildman–Crippen MR) is 261 cm³/mol. The lowest BCUT2D eigenvalue weighted by Gasteiger charge is -2.20. The Bertz CT molecular complexity index is 3210. The molecule has 0 bridgehead atoms. The van der Waals surface area contributed by atoms with Gasteiger partial charge in [-0.1, -0.05) is 35.6 Å². The highest BCUT2D eigenvalue weighted by molar-refractivity contribution is 7.16. The number of anilines is 5. The zero-order chi connectivity index (χ0) is 48.9. The van der Waals surface area contributed by atoms with Gasteiger partial charge < -0.3 is 26.8 Å². The minimum Gasteiger partial charge on any atom is -0.321 e. The summed E-state index contributed by atoms with van der Waals surface area (Å²) in [6.07, 6.45) is 11.6. The molecule has 2 aromatic carbocycles. The molecule has 0 unspecified atom stereocenters. The summed E-state index contributed by atoms with van der Waals surface area (Å²) in [5, 5.41) is 41.1. The van der Waals surface area contributed by atoms with Gasteiger partial charge in [0.1, 0.15) is 6.07 Å². The van der Waals surface area contributed by atoms with E-state index in [9.17, 15) is 30.2 Å². The van der Waals surface area contributed by atoms with Gasteiger partial charge in [-0.3, -0.25) is 39.4 Å². The highest BCUT2D eigenvalue weighted by Crippen LogP contribution is 2.32. The van der Waals surface area contributed by atoms with Crippen molar-refractivity contribution >= 4 is 68.3 Å². The largest absolute Gasteiger partial charge is 0.321 e. The van der Waals surface area contributed by atoms with Crippen LogP contribution in [0.2, 0.25) is 0 Å². The maximum absolute atomic E-state index is 13.5. The van der Waals surface area contributed by atoms with Crippen LogP contribution < -0.4 is 47.9 Å². The van der Waals surface area contributed by atoms with Crippen molar-refractivity contribution in [2.24, 2.45) is 0 Å². The minimum absolute atomic E-state index is 0.0345. The Morgan fingerprint density at radius 3 is 1.93 bits per heavy atom. The van der Waals surface area contributed by atoms with Gasteiger partial charge in [0, 0.05) is 60.5 Å². The number of nitrogens with one attached hydrogen (secondary N) is 7. The van der Waals surface area contributed by atoms with Crippen LogP contribution in [0.3, 0.4) is 0 Å². The smallest absolute Gasteiger partial charge is 0.255 e. The number of carbonyl (C=O) groups is 3. The molecule has 3 amide bonds. The van der Waals surface area contributed by atoms with Crippen molar-refractivity contribution in [1.82, 2.24) is 41.9 Å². The fourth-order valence-electron chi connectivity index (χ4n) is 7.10. The molecular formula is C49H44N16O3S. The minimum atomic E-state index is -0.796. The van der Waals surface area contributed by atoms with Gasteiger partial charge in [-0.15, -0.1) is 11.1 Å². The molecule has 2 aliphatic heterocycles. The molecule has 8 rings (SSSR count). The normalized spacial score (nSPS) is 13.2. The topological polar surface area (TPSA) is 265 Å². The summed E-state index contributed by atoms with van der Waals surface area (Å²) in [5.74, 6) is -1.04. The van der Waals surface area contributed by atoms with E-state index in [2.05, 4.69) is 76.0 Å². The van der Waals surface area contributed by atoms with E-state index in [4.69, 9.17) is 0 Å². The molecule has 69 heavy (non-hydrogen) atoms. The third-order valence-corrected chi connectivity index (χ3v) is 12.2. The zero-order valence-electron chi connectivity index (χ0n) is 38.0. The first-order valence-corrected chi connectivity index (χ1v) is 22.2. The molecular weight excluding hydrogens is 893 g/mol. The molecule has 0 fully saturated rings. The van der Waals surface area contributed by atoms with Gasteiger partial charge in [-0.25, -0.2) is 4.98 Å². The fourth-order valence-corrected chi connectivity index (χ4v) is 7.89. The van der Waals surface area contributed by atoms with Gasteiger partial charge in [0.25, 0.3) is 11.8 Å². The average molecular weight is 937 g/mol. The van der Waals surface area contributed by atoms with E-state index in [1.54, 1.807) is 123 Å². The van der Waals surface area contributed by atoms with Crippen LogP contribution in [0.4, 0.5) is 27.9 Å². The molecule has 0 spiro atoms. The van der Waals surface area contributed by atoms with Crippen LogP contribution in [0, 0.1) is 40.9 Å². The quantitative estimate of drug-likeness (QED) is 0.0589. The monoisotopic (exact) mass is 936 g/mol. The van der Waals surface area contributed by atoms with Crippen molar-refractivity contribution in [1.29, 1.82) is 15.8 Å². The van der Waals surface area contributed by atoms with Crippen LogP contribution in [-0.2, 0) is 22.0 Å². The molecule has 344 valence electrons. The molecule has 0 aliphatic carbocycles. The van der Waals surface area contributed by atoms with E-state index in [0.717, 1.165) is 10.4 Å². The SMILES string of the molecule is Cc1ncc(NC(=O)c2cccc(C(C)(C)C#N)c2)cc1N1C=C(c2cnc(NC(=O)CCc3ncc(NC(=O)c4cccc(C(C)(C)C#N)c4)cc3N3C=C(c4cncc(C#N)c4)NN3)s2)NN1. The van der Waals surface area contributed by atoms with Crippen LogP contribution in [0.5, 0.6) is 0 Å². The lowest BCUT2D eigenvalue weighted by molar-refractivity contribution is -0.116. The molecule has 0 saturated carbocycles. The molecule has 0 atom stereocenters. The maximum Gasteiger partial charge on any atom is 0.255 e. The van der Waals surface area contributed by atoms with Crippen LogP contribution in [0.1, 0.15) is 93.4 Å². The number of hydrogen-bond acceptors (Lipinski definition) is 17. The van der Waals surface area contributed by atoms with Crippen LogP contribution in [0.15, 0.2) is 110 Å². The van der Waals surface area contributed by atoms with Crippen molar-refractivity contribution in [3.05, 3.63) is 160 Å². The standard InChI is InChI=1S/C49H44N16O3S/c1-29-41(17-36(22-54-29)57-45(67)31-8-6-10-34(15-31)48(2,3)27-51)64-26-40(61-63-64)43-24-56-47(69-43)59-44(66)13-12-38-42(65-25-39(60-62-65)33-14-30(19-50)20-53-21-33)18-37(23-55-38)58-46(68)32-9-7-11-35(16-32)49(4,5)28-52/h6-11,14-18,20-26,60-63H,12-13H2,1-5H3,(H,57,67)(H,58,68)(H,56,59,66). The number of hydrogen-bond donors (Lipinski definition) is 7. The molecule has 0 radical (unpaired) electrons. The second kappa shape index (κ2) is 19.5. The number of hydrazine groups is 4. The van der Waals surface area contributed by atoms with Gasteiger partial charge in [0.05, 0.1) is 91.3 Å². The Kier molecular flexibility index (Phi) is 13.1. The maximum atomic E-state index is 13.5. The molecule has 4 aromatic heterocycles. The van der Waals surface area contributed by atoms with Crippen molar-refractivity contribution < 1.29 is 14.4 Å². The first kappa shape index (κ1) is 46.5. The van der Waals surface area contributed by atoms with Gasteiger partial charge >= 0.3 is 0 Å². The van der Waals surface area contributed by atoms with Gasteiger partial charge in [-0.2, -0.15) is 15.8 Å². The van der Waals surface area contributed by atoms with Crippen molar-refractivity contribution in [2.75, 3.05) is 26.0 Å². The van der Waals surface area contributed by atoms with Crippen molar-refractivity contribution in [3.8, 4) is 18.2 Å². The summed E-state index contributed by atoms with van der Waals surface area (Å²) in [4.78, 5) is 58.7. The van der Waals surface area contributed by atoms with Gasteiger partial charge in [0.2, 0.25) is 5.91 Å². The third-order valence-electron chi connectivity index (χ3n) is 11.2. The van der Waals surface area contributed by atoms with E-state index < -0.39 is 16.7 Å². The molecule has 6 heterocycles. The molecule has 0 saturated heterocycles. The first-order chi connectivity index (χ1) is 33.1. The first-order valence-electron chi connectivity index (χ1n) is 21.4. The Hall–Kier alpha value is -9.00. The molecule has 20 heteroatoms. The number of amides is 3. The number of nitrogens with zero attached hydrogens (tertiary/aromatic N) is 9. The Morgan fingerprint density at radius 2 is 1.29 bits per heavy atom. The number of aromatic nitrogens is 4. The number of nitriles is 3. The van der Waals surface area contributed by atoms with Crippen LogP contribution in [0.25, 0.3) is 11.4 Å². The summed E-state index contributed by atoms with van der Waals surface area (Å²) < 4.78 is 0. The second-order valence-electron chi connectivity index (χ2n) is 17.0. The number of thiazole rings is 1. The lowest BCUT2D eigenvalue weighted by Crippen LogP contribution is -2.37. The number of benzene rings is 2. The zero-order valence-corrected chi connectivity index (χ0v) is 38.8. The van der Waals surface area contributed by atoms with E-state index in [1.165, 1.54) is 23.7 Å². The summed E-state index contributed by atoms with van der Waals surface area (Å²) in [5.41, 5.74) is 18.7. The van der Waals surface area contributed by atoms with E-state index in [0.29, 0.717) is 78.5 Å². The predicted octanol–water partition coefficient (Wildman–Crippen LogP) is 6.84. The summed E-state index contributed by atoms with van der Waals surface area (Å²) in [6.45, 7) is 9.00. The Balaban J connectivity index is 0.942. The lowest BCUT2D eigenvalue weighted by atomic mass is 9.85. The Labute approximate surface area is 401 Å². The van der Waals surface area contributed by atoms with E-state index in [-0.39, 0.29) is 24.7 Å². The second-order valence-corrected chi connectivity index (χ2v) is 18.0.